The zero-order chi connectivity index (χ0) is 23.5. The number of hydrogen-bond acceptors (Lipinski definition) is 4. The van der Waals surface area contributed by atoms with E-state index in [0.29, 0.717) is 29.5 Å². The molecule has 7 heteroatoms. The lowest BCUT2D eigenvalue weighted by molar-refractivity contribution is -0.136. The summed E-state index contributed by atoms with van der Waals surface area (Å²) in [5, 5.41) is 15.0. The van der Waals surface area contributed by atoms with E-state index in [-0.39, 0.29) is 24.0 Å². The number of anilines is 1. The summed E-state index contributed by atoms with van der Waals surface area (Å²) in [6.45, 7) is 8.40. The molecule has 2 rings (SSSR count). The van der Waals surface area contributed by atoms with Crippen molar-refractivity contribution in [2.45, 2.75) is 32.9 Å². The Morgan fingerprint density at radius 3 is 2.53 bits per heavy atom. The van der Waals surface area contributed by atoms with E-state index in [1.54, 1.807) is 36.4 Å². The molecule has 32 heavy (non-hydrogen) atoms. The van der Waals surface area contributed by atoms with Crippen molar-refractivity contribution in [3.8, 4) is 5.75 Å². The average molecular weight is 455 g/mol. The van der Waals surface area contributed by atoms with Gasteiger partial charge in [0.15, 0.2) is 0 Å². The van der Waals surface area contributed by atoms with E-state index in [9.17, 15) is 9.59 Å². The van der Waals surface area contributed by atoms with Gasteiger partial charge < -0.3 is 20.5 Å². The van der Waals surface area contributed by atoms with Gasteiger partial charge >= 0.3 is 5.97 Å². The van der Waals surface area contributed by atoms with Crippen molar-refractivity contribution in [2.75, 3.05) is 11.9 Å². The molecule has 0 fully saturated rings. The van der Waals surface area contributed by atoms with E-state index in [1.165, 1.54) is 0 Å². The summed E-state index contributed by atoms with van der Waals surface area (Å²) in [6, 6.07) is 12.7. The predicted octanol–water partition coefficient (Wildman–Crippen LogP) is 5.05. The van der Waals surface area contributed by atoms with E-state index in [4.69, 9.17) is 21.4 Å². The molecule has 168 valence electrons. The Labute approximate surface area is 193 Å². The second-order valence-electron chi connectivity index (χ2n) is 7.25. The van der Waals surface area contributed by atoms with Gasteiger partial charge in [0.1, 0.15) is 5.75 Å². The molecule has 6 nitrogen and oxygen atoms in total. The van der Waals surface area contributed by atoms with Crippen LogP contribution in [0.25, 0.3) is 6.08 Å². The summed E-state index contributed by atoms with van der Waals surface area (Å²) in [5.41, 5.74) is 5.35. The van der Waals surface area contributed by atoms with Gasteiger partial charge in [-0.05, 0) is 55.3 Å². The highest BCUT2D eigenvalue weighted by Gasteiger charge is 2.08. The highest BCUT2D eigenvalue weighted by Crippen LogP contribution is 2.27. The van der Waals surface area contributed by atoms with Crippen LogP contribution in [0.4, 0.5) is 5.69 Å². The average Bonchev–Trinajstić information content (AvgIpc) is 2.74. The number of benzene rings is 2. The van der Waals surface area contributed by atoms with Crippen molar-refractivity contribution in [3.05, 3.63) is 82.6 Å². The minimum Gasteiger partial charge on any atom is -0.489 e. The van der Waals surface area contributed by atoms with Gasteiger partial charge in [-0.1, -0.05) is 42.5 Å². The molecule has 1 amide bonds. The maximum Gasteiger partial charge on any atom is 0.304 e. The summed E-state index contributed by atoms with van der Waals surface area (Å²) in [7, 11) is 0. The molecule has 0 saturated carbocycles. The Bertz CT molecular complexity index is 1020. The first kappa shape index (κ1) is 25.0. The maximum atomic E-state index is 12.6. The first-order valence-electron chi connectivity index (χ1n) is 10.2. The van der Waals surface area contributed by atoms with Gasteiger partial charge in [0.05, 0.1) is 23.1 Å². The topological polar surface area (TPSA) is 87.7 Å². The van der Waals surface area contributed by atoms with Crippen LogP contribution >= 0.6 is 11.6 Å². The molecule has 2 aromatic carbocycles. The van der Waals surface area contributed by atoms with Crippen molar-refractivity contribution < 1.29 is 19.4 Å². The van der Waals surface area contributed by atoms with Crippen LogP contribution in [0.2, 0.25) is 5.02 Å². The molecule has 0 atom stereocenters. The van der Waals surface area contributed by atoms with E-state index in [0.717, 1.165) is 11.1 Å². The zero-order valence-electron chi connectivity index (χ0n) is 18.2. The molecule has 2 aromatic rings. The third kappa shape index (κ3) is 8.44. The van der Waals surface area contributed by atoms with Crippen LogP contribution < -0.4 is 15.4 Å². The standard InChI is InChI=1S/C25H27ClN2O4/c1-4-20(9-5-18-8-12-23(22(26)15-18)32-17(2)3)25(31)28-21-10-6-19(7-11-21)16-27-14-13-24(29)30/h5-12,15,17,27H,1,13-14,16H2,2-3H3,(H,28,31)(H,29,30)/b9-5+. The zero-order valence-corrected chi connectivity index (χ0v) is 18.9. The summed E-state index contributed by atoms with van der Waals surface area (Å²) in [4.78, 5) is 23.1. The number of carbonyl (C=O) groups is 2. The monoisotopic (exact) mass is 454 g/mol. The summed E-state index contributed by atoms with van der Waals surface area (Å²) in [6.07, 6.45) is 3.47. The minimum atomic E-state index is -0.837. The molecule has 0 aliphatic heterocycles. The second kappa shape index (κ2) is 12.5. The van der Waals surface area contributed by atoms with E-state index in [1.807, 2.05) is 32.0 Å². The molecule has 0 radical (unpaired) electrons. The molecule has 0 saturated heterocycles. The number of carbonyl (C=O) groups excluding carboxylic acids is 1. The summed E-state index contributed by atoms with van der Waals surface area (Å²) < 4.78 is 5.62. The Morgan fingerprint density at radius 1 is 1.22 bits per heavy atom. The SMILES string of the molecule is C=C=C(/C=C/c1ccc(OC(C)C)c(Cl)c1)C(=O)Nc1ccc(CNCCC(=O)O)cc1. The number of carboxylic acids is 1. The third-order valence-electron chi connectivity index (χ3n) is 4.25. The number of rotatable bonds is 11. The second-order valence-corrected chi connectivity index (χ2v) is 7.66. The van der Waals surface area contributed by atoms with Crippen LogP contribution in [0.3, 0.4) is 0 Å². The van der Waals surface area contributed by atoms with Gasteiger partial charge in [-0.2, -0.15) is 0 Å². The normalized spacial score (nSPS) is 10.8. The van der Waals surface area contributed by atoms with Crippen LogP contribution in [0.1, 0.15) is 31.4 Å². The Kier molecular flexibility index (Phi) is 9.76. The molecule has 0 aliphatic carbocycles. The lowest BCUT2D eigenvalue weighted by Crippen LogP contribution is -2.17. The van der Waals surface area contributed by atoms with Gasteiger partial charge in [0, 0.05) is 18.8 Å². The Hall–Kier alpha value is -3.31. The lowest BCUT2D eigenvalue weighted by atomic mass is 10.1. The molecule has 0 aliphatic rings. The largest absolute Gasteiger partial charge is 0.489 e. The quantitative estimate of drug-likeness (QED) is 0.191. The van der Waals surface area contributed by atoms with E-state index < -0.39 is 5.97 Å². The third-order valence-corrected chi connectivity index (χ3v) is 4.55. The van der Waals surface area contributed by atoms with Crippen molar-refractivity contribution in [2.24, 2.45) is 0 Å². The number of nitrogens with one attached hydrogen (secondary N) is 2. The minimum absolute atomic E-state index is 0.0233. The van der Waals surface area contributed by atoms with Crippen LogP contribution in [0.15, 0.2) is 66.4 Å². The predicted molar refractivity (Wildman–Crippen MR) is 128 cm³/mol. The summed E-state index contributed by atoms with van der Waals surface area (Å²) >= 11 is 6.26. The van der Waals surface area contributed by atoms with Crippen LogP contribution in [0.5, 0.6) is 5.75 Å². The van der Waals surface area contributed by atoms with Crippen molar-refractivity contribution in [3.63, 3.8) is 0 Å². The molecule has 0 heterocycles. The number of halogens is 1. The molecular weight excluding hydrogens is 428 g/mol. The van der Waals surface area contributed by atoms with Gasteiger partial charge in [-0.3, -0.25) is 9.59 Å². The van der Waals surface area contributed by atoms with E-state index in [2.05, 4.69) is 22.9 Å². The van der Waals surface area contributed by atoms with Gasteiger partial charge in [0.2, 0.25) is 0 Å². The fourth-order valence-electron chi connectivity index (χ4n) is 2.70. The van der Waals surface area contributed by atoms with Crippen molar-refractivity contribution in [1.82, 2.24) is 5.32 Å². The van der Waals surface area contributed by atoms with Crippen molar-refractivity contribution in [1.29, 1.82) is 0 Å². The van der Waals surface area contributed by atoms with Crippen LogP contribution in [-0.4, -0.2) is 29.6 Å². The Balaban J connectivity index is 1.94. The molecular formula is C25H27ClN2O4. The molecule has 0 unspecified atom stereocenters. The number of amides is 1. The van der Waals surface area contributed by atoms with Crippen molar-refractivity contribution >= 4 is 35.2 Å². The number of hydrogen-bond donors (Lipinski definition) is 3. The van der Waals surface area contributed by atoms with Gasteiger partial charge in [0.25, 0.3) is 5.91 Å². The molecule has 0 spiro atoms. The summed E-state index contributed by atoms with van der Waals surface area (Å²) in [5.74, 6) is -0.568. The smallest absolute Gasteiger partial charge is 0.304 e. The maximum absolute atomic E-state index is 12.6. The molecule has 0 bridgehead atoms. The lowest BCUT2D eigenvalue weighted by Gasteiger charge is -2.11. The van der Waals surface area contributed by atoms with Gasteiger partial charge in [-0.15, -0.1) is 5.73 Å². The number of carboxylic acid groups (broad SMARTS) is 1. The fraction of sp³-hybridized carbons (Fsp3) is 0.240. The molecule has 3 N–H and O–H groups in total. The molecule has 0 aromatic heterocycles. The van der Waals surface area contributed by atoms with Crippen LogP contribution in [-0.2, 0) is 16.1 Å². The van der Waals surface area contributed by atoms with Crippen LogP contribution in [0, 0.1) is 0 Å². The number of aliphatic carboxylic acids is 1. The fourth-order valence-corrected chi connectivity index (χ4v) is 2.93. The highest BCUT2D eigenvalue weighted by molar-refractivity contribution is 6.32. The van der Waals surface area contributed by atoms with Gasteiger partial charge in [-0.25, -0.2) is 0 Å². The van der Waals surface area contributed by atoms with E-state index >= 15 is 0 Å². The first-order valence-corrected chi connectivity index (χ1v) is 10.5. The number of ether oxygens (including phenoxy) is 1. The first-order chi connectivity index (χ1) is 15.3. The Morgan fingerprint density at radius 2 is 1.94 bits per heavy atom. The highest BCUT2D eigenvalue weighted by atomic mass is 35.5.